The molecule has 21 heavy (non-hydrogen) atoms. The molecule has 0 aromatic heterocycles. The zero-order valence-corrected chi connectivity index (χ0v) is 11.1. The van der Waals surface area contributed by atoms with Crippen molar-refractivity contribution in [3.63, 3.8) is 0 Å². The van der Waals surface area contributed by atoms with Gasteiger partial charge in [-0.3, -0.25) is 0 Å². The lowest BCUT2D eigenvalue weighted by Crippen LogP contribution is -2.25. The minimum absolute atomic E-state index is 0.0673. The van der Waals surface area contributed by atoms with Crippen molar-refractivity contribution in [1.82, 2.24) is 0 Å². The van der Waals surface area contributed by atoms with Crippen molar-refractivity contribution < 1.29 is 24.5 Å². The van der Waals surface area contributed by atoms with Crippen LogP contribution in [-0.2, 0) is 0 Å². The number of rotatable bonds is 2. The number of hydrogen-bond acceptors (Lipinski definition) is 4. The summed E-state index contributed by atoms with van der Waals surface area (Å²) in [7, 11) is 0. The summed E-state index contributed by atoms with van der Waals surface area (Å²) in [4.78, 5) is 10.6. The molecule has 0 bridgehead atoms. The average Bonchev–Trinajstić information content (AvgIpc) is 2.47. The molecule has 1 aliphatic rings. The highest BCUT2D eigenvalue weighted by Crippen LogP contribution is 2.41. The van der Waals surface area contributed by atoms with Gasteiger partial charge in [-0.1, -0.05) is 30.3 Å². The molecular formula is C16H14O5. The molecule has 0 radical (unpaired) electrons. The van der Waals surface area contributed by atoms with Crippen LogP contribution in [0.15, 0.2) is 48.5 Å². The molecule has 0 saturated heterocycles. The van der Waals surface area contributed by atoms with E-state index in [1.165, 1.54) is 6.07 Å². The van der Waals surface area contributed by atoms with Crippen molar-refractivity contribution in [2.24, 2.45) is 0 Å². The summed E-state index contributed by atoms with van der Waals surface area (Å²) in [6, 6.07) is 14.5. The quantitative estimate of drug-likeness (QED) is 0.655. The standard InChI is InChI=1S/C16H14O5/c17-15-9-12(10-4-2-1-3-5-10)13-8-11(20-16(18)19)6-7-14(13)21-15/h1-8,12,15,17H,9H2,(H,18,19)/t12-,15+/m0/s1. The van der Waals surface area contributed by atoms with Crippen molar-refractivity contribution in [2.75, 3.05) is 0 Å². The van der Waals surface area contributed by atoms with Crippen LogP contribution >= 0.6 is 0 Å². The van der Waals surface area contributed by atoms with Crippen LogP contribution in [0.1, 0.15) is 23.5 Å². The van der Waals surface area contributed by atoms with Crippen LogP contribution in [0.3, 0.4) is 0 Å². The second-order valence-corrected chi connectivity index (χ2v) is 4.84. The van der Waals surface area contributed by atoms with Gasteiger partial charge in [0.1, 0.15) is 11.5 Å². The summed E-state index contributed by atoms with van der Waals surface area (Å²) in [5.74, 6) is 0.713. The average molecular weight is 286 g/mol. The Morgan fingerprint density at radius 1 is 1.19 bits per heavy atom. The van der Waals surface area contributed by atoms with E-state index in [4.69, 9.17) is 9.84 Å². The molecule has 0 spiro atoms. The van der Waals surface area contributed by atoms with E-state index in [-0.39, 0.29) is 11.7 Å². The van der Waals surface area contributed by atoms with Crippen LogP contribution in [0.4, 0.5) is 4.79 Å². The molecule has 2 aromatic carbocycles. The molecule has 108 valence electrons. The summed E-state index contributed by atoms with van der Waals surface area (Å²) in [5, 5.41) is 18.6. The fourth-order valence-corrected chi connectivity index (χ4v) is 2.59. The van der Waals surface area contributed by atoms with E-state index in [0.717, 1.165) is 11.1 Å². The lowest BCUT2D eigenvalue weighted by atomic mass is 9.86. The number of carboxylic acid groups (broad SMARTS) is 1. The van der Waals surface area contributed by atoms with Crippen molar-refractivity contribution in [3.05, 3.63) is 59.7 Å². The molecule has 2 aromatic rings. The van der Waals surface area contributed by atoms with Crippen LogP contribution in [0.2, 0.25) is 0 Å². The maximum Gasteiger partial charge on any atom is 0.511 e. The molecule has 5 nitrogen and oxygen atoms in total. The molecule has 0 unspecified atom stereocenters. The maximum absolute atomic E-state index is 10.6. The third-order valence-electron chi connectivity index (χ3n) is 3.46. The lowest BCUT2D eigenvalue weighted by molar-refractivity contribution is -0.0360. The number of aliphatic hydroxyl groups is 1. The second kappa shape index (κ2) is 5.46. The second-order valence-electron chi connectivity index (χ2n) is 4.84. The van der Waals surface area contributed by atoms with Gasteiger partial charge in [-0.2, -0.15) is 0 Å². The highest BCUT2D eigenvalue weighted by Gasteiger charge is 2.28. The van der Waals surface area contributed by atoms with Gasteiger partial charge in [0.25, 0.3) is 0 Å². The third kappa shape index (κ3) is 2.83. The predicted octanol–water partition coefficient (Wildman–Crippen LogP) is 2.98. The SMILES string of the molecule is O=C(O)Oc1ccc2c(c1)[C@H](c1ccccc1)C[C@H](O)O2. The van der Waals surface area contributed by atoms with Gasteiger partial charge in [0.15, 0.2) is 6.29 Å². The van der Waals surface area contributed by atoms with Gasteiger partial charge in [0.2, 0.25) is 0 Å². The Morgan fingerprint density at radius 2 is 1.95 bits per heavy atom. The Labute approximate surface area is 121 Å². The molecule has 5 heteroatoms. The van der Waals surface area contributed by atoms with E-state index in [9.17, 15) is 9.90 Å². The summed E-state index contributed by atoms with van der Waals surface area (Å²) in [6.45, 7) is 0. The topological polar surface area (TPSA) is 76.0 Å². The van der Waals surface area contributed by atoms with E-state index >= 15 is 0 Å². The van der Waals surface area contributed by atoms with Gasteiger partial charge in [0.05, 0.1) is 0 Å². The highest BCUT2D eigenvalue weighted by molar-refractivity contribution is 5.62. The van der Waals surface area contributed by atoms with Gasteiger partial charge >= 0.3 is 6.16 Å². The van der Waals surface area contributed by atoms with Gasteiger partial charge in [-0.15, -0.1) is 0 Å². The normalized spacial score (nSPS) is 20.2. The zero-order valence-electron chi connectivity index (χ0n) is 11.1. The van der Waals surface area contributed by atoms with E-state index < -0.39 is 12.4 Å². The first-order chi connectivity index (χ1) is 10.1. The highest BCUT2D eigenvalue weighted by atomic mass is 16.7. The Balaban J connectivity index is 2.03. The Kier molecular flexibility index (Phi) is 3.50. The summed E-state index contributed by atoms with van der Waals surface area (Å²) < 4.78 is 10.1. The van der Waals surface area contributed by atoms with Crippen LogP contribution in [0, 0.1) is 0 Å². The van der Waals surface area contributed by atoms with Crippen molar-refractivity contribution >= 4 is 6.16 Å². The fraction of sp³-hybridized carbons (Fsp3) is 0.188. The van der Waals surface area contributed by atoms with E-state index in [1.807, 2.05) is 30.3 Å². The molecule has 0 aliphatic carbocycles. The molecular weight excluding hydrogens is 272 g/mol. The molecule has 0 amide bonds. The van der Waals surface area contributed by atoms with Gasteiger partial charge in [-0.25, -0.2) is 4.79 Å². The minimum atomic E-state index is -1.36. The van der Waals surface area contributed by atoms with E-state index in [0.29, 0.717) is 12.2 Å². The monoisotopic (exact) mass is 286 g/mol. The largest absolute Gasteiger partial charge is 0.511 e. The molecule has 3 rings (SSSR count). The van der Waals surface area contributed by atoms with Crippen molar-refractivity contribution in [1.29, 1.82) is 0 Å². The molecule has 1 aliphatic heterocycles. The number of aliphatic hydroxyl groups excluding tert-OH is 1. The molecule has 0 saturated carbocycles. The van der Waals surface area contributed by atoms with Gasteiger partial charge in [-0.05, 0) is 23.8 Å². The van der Waals surface area contributed by atoms with Crippen LogP contribution in [0.5, 0.6) is 11.5 Å². The van der Waals surface area contributed by atoms with Crippen molar-refractivity contribution in [3.8, 4) is 11.5 Å². The summed E-state index contributed by atoms with van der Waals surface area (Å²) in [5.41, 5.74) is 1.85. The maximum atomic E-state index is 10.6. The van der Waals surface area contributed by atoms with Gasteiger partial charge < -0.3 is 19.7 Å². The number of hydrogen-bond donors (Lipinski definition) is 2. The molecule has 2 N–H and O–H groups in total. The molecule has 0 fully saturated rings. The first kappa shape index (κ1) is 13.5. The van der Waals surface area contributed by atoms with Crippen LogP contribution in [-0.4, -0.2) is 22.7 Å². The Morgan fingerprint density at radius 3 is 2.67 bits per heavy atom. The zero-order chi connectivity index (χ0) is 14.8. The Bertz CT molecular complexity index is 653. The number of fused-ring (bicyclic) bond motifs is 1. The van der Waals surface area contributed by atoms with Crippen LogP contribution < -0.4 is 9.47 Å². The lowest BCUT2D eigenvalue weighted by Gasteiger charge is -2.30. The first-order valence-electron chi connectivity index (χ1n) is 6.58. The molecule has 2 atom stereocenters. The molecule has 1 heterocycles. The fourth-order valence-electron chi connectivity index (χ4n) is 2.59. The summed E-state index contributed by atoms with van der Waals surface area (Å²) >= 11 is 0. The van der Waals surface area contributed by atoms with Gasteiger partial charge in [0, 0.05) is 17.9 Å². The smallest absolute Gasteiger partial charge is 0.465 e. The first-order valence-corrected chi connectivity index (χ1v) is 6.58. The summed E-state index contributed by atoms with van der Waals surface area (Å²) in [6.07, 6.45) is -1.83. The van der Waals surface area contributed by atoms with E-state index in [1.54, 1.807) is 12.1 Å². The van der Waals surface area contributed by atoms with E-state index in [2.05, 4.69) is 4.74 Å². The Hall–Kier alpha value is -2.53. The number of benzene rings is 2. The third-order valence-corrected chi connectivity index (χ3v) is 3.46. The number of carbonyl (C=O) groups is 1. The van der Waals surface area contributed by atoms with Crippen molar-refractivity contribution in [2.45, 2.75) is 18.6 Å². The predicted molar refractivity (Wildman–Crippen MR) is 74.6 cm³/mol. The van der Waals surface area contributed by atoms with Crippen LogP contribution in [0.25, 0.3) is 0 Å². The number of ether oxygens (including phenoxy) is 2. The minimum Gasteiger partial charge on any atom is -0.465 e.